The van der Waals surface area contributed by atoms with Gasteiger partial charge in [-0.25, -0.2) is 4.39 Å². The standard InChI is InChI=1S/C16H24FN3O/c1-20(11-14-6-8-18-9-7-14)12-16(21)19-10-13-2-4-15(17)5-3-13/h2-5,14,18H,6-12H2,1H3,(H,19,21). The van der Waals surface area contributed by atoms with Crippen LogP contribution in [0.4, 0.5) is 4.39 Å². The maximum absolute atomic E-state index is 12.8. The second-order valence-electron chi connectivity index (χ2n) is 5.79. The molecule has 0 aliphatic carbocycles. The lowest BCUT2D eigenvalue weighted by atomic mass is 9.98. The van der Waals surface area contributed by atoms with Gasteiger partial charge in [0.1, 0.15) is 5.82 Å². The molecule has 0 unspecified atom stereocenters. The molecule has 0 radical (unpaired) electrons. The van der Waals surface area contributed by atoms with Crippen molar-refractivity contribution in [2.45, 2.75) is 19.4 Å². The molecule has 1 aliphatic rings. The third-order valence-electron chi connectivity index (χ3n) is 3.85. The van der Waals surface area contributed by atoms with Gasteiger partial charge in [0.2, 0.25) is 5.91 Å². The minimum absolute atomic E-state index is 0.00996. The van der Waals surface area contributed by atoms with Crippen LogP contribution in [-0.4, -0.2) is 44.0 Å². The summed E-state index contributed by atoms with van der Waals surface area (Å²) in [6, 6.07) is 6.19. The fourth-order valence-corrected chi connectivity index (χ4v) is 2.67. The third kappa shape index (κ3) is 5.81. The predicted molar refractivity (Wildman–Crippen MR) is 81.3 cm³/mol. The van der Waals surface area contributed by atoms with Crippen LogP contribution < -0.4 is 10.6 Å². The van der Waals surface area contributed by atoms with Crippen LogP contribution in [0.1, 0.15) is 18.4 Å². The first-order valence-corrected chi connectivity index (χ1v) is 7.54. The Balaban J connectivity index is 1.67. The summed E-state index contributed by atoms with van der Waals surface area (Å²) in [7, 11) is 1.99. The van der Waals surface area contributed by atoms with Crippen molar-refractivity contribution in [2.75, 3.05) is 33.2 Å². The predicted octanol–water partition coefficient (Wildman–Crippen LogP) is 1.37. The van der Waals surface area contributed by atoms with Crippen LogP contribution in [0.2, 0.25) is 0 Å². The first kappa shape index (κ1) is 15.9. The molecule has 0 saturated carbocycles. The van der Waals surface area contributed by atoms with Gasteiger partial charge in [-0.3, -0.25) is 9.69 Å². The topological polar surface area (TPSA) is 44.4 Å². The van der Waals surface area contributed by atoms with E-state index in [2.05, 4.69) is 15.5 Å². The van der Waals surface area contributed by atoms with Crippen LogP contribution in [0, 0.1) is 11.7 Å². The molecular formula is C16H24FN3O. The molecule has 1 aromatic carbocycles. The van der Waals surface area contributed by atoms with E-state index >= 15 is 0 Å². The number of hydrogen-bond donors (Lipinski definition) is 2. The van der Waals surface area contributed by atoms with Gasteiger partial charge in [0.05, 0.1) is 6.54 Å². The van der Waals surface area contributed by atoms with Crippen molar-refractivity contribution >= 4 is 5.91 Å². The van der Waals surface area contributed by atoms with Gasteiger partial charge < -0.3 is 10.6 Å². The average Bonchev–Trinajstić information content (AvgIpc) is 2.47. The smallest absolute Gasteiger partial charge is 0.234 e. The summed E-state index contributed by atoms with van der Waals surface area (Å²) >= 11 is 0. The number of amides is 1. The molecule has 1 aromatic rings. The Kier molecular flexibility index (Phi) is 6.14. The molecule has 1 heterocycles. The molecule has 1 fully saturated rings. The van der Waals surface area contributed by atoms with Crippen LogP contribution in [-0.2, 0) is 11.3 Å². The number of nitrogens with one attached hydrogen (secondary N) is 2. The SMILES string of the molecule is CN(CC(=O)NCc1ccc(F)cc1)CC1CCNCC1. The summed E-state index contributed by atoms with van der Waals surface area (Å²) in [5.41, 5.74) is 0.908. The van der Waals surface area contributed by atoms with Gasteiger partial charge in [0.15, 0.2) is 0 Å². The highest BCUT2D eigenvalue weighted by atomic mass is 19.1. The third-order valence-corrected chi connectivity index (χ3v) is 3.85. The van der Waals surface area contributed by atoms with E-state index in [-0.39, 0.29) is 11.7 Å². The summed E-state index contributed by atoms with van der Waals surface area (Å²) < 4.78 is 12.8. The highest BCUT2D eigenvalue weighted by Gasteiger charge is 2.16. The van der Waals surface area contributed by atoms with E-state index < -0.39 is 0 Å². The van der Waals surface area contributed by atoms with Crippen molar-refractivity contribution in [1.29, 1.82) is 0 Å². The van der Waals surface area contributed by atoms with Gasteiger partial charge in [0.25, 0.3) is 0 Å². The molecule has 0 spiro atoms. The molecule has 21 heavy (non-hydrogen) atoms. The maximum atomic E-state index is 12.8. The van der Waals surface area contributed by atoms with Gasteiger partial charge in [-0.2, -0.15) is 0 Å². The largest absolute Gasteiger partial charge is 0.351 e. The second-order valence-corrected chi connectivity index (χ2v) is 5.79. The fraction of sp³-hybridized carbons (Fsp3) is 0.562. The van der Waals surface area contributed by atoms with E-state index in [1.807, 2.05) is 7.05 Å². The van der Waals surface area contributed by atoms with Crippen molar-refractivity contribution < 1.29 is 9.18 Å². The molecule has 2 N–H and O–H groups in total. The Bertz CT molecular complexity index is 443. The van der Waals surface area contributed by atoms with Crippen LogP contribution >= 0.6 is 0 Å². The minimum atomic E-state index is -0.258. The molecule has 5 heteroatoms. The number of rotatable bonds is 6. The van der Waals surface area contributed by atoms with Crippen LogP contribution in [0.25, 0.3) is 0 Å². The van der Waals surface area contributed by atoms with Crippen LogP contribution in [0.3, 0.4) is 0 Å². The van der Waals surface area contributed by atoms with Gasteiger partial charge in [-0.1, -0.05) is 12.1 Å². The maximum Gasteiger partial charge on any atom is 0.234 e. The Hall–Kier alpha value is -1.46. The van der Waals surface area contributed by atoms with Crippen molar-refractivity contribution in [3.8, 4) is 0 Å². The van der Waals surface area contributed by atoms with Gasteiger partial charge >= 0.3 is 0 Å². The number of nitrogens with zero attached hydrogens (tertiary/aromatic N) is 1. The Morgan fingerprint density at radius 1 is 1.33 bits per heavy atom. The Morgan fingerprint density at radius 3 is 2.67 bits per heavy atom. The summed E-state index contributed by atoms with van der Waals surface area (Å²) in [6.07, 6.45) is 2.36. The molecule has 0 atom stereocenters. The molecule has 1 saturated heterocycles. The van der Waals surface area contributed by atoms with Gasteiger partial charge in [0, 0.05) is 13.1 Å². The second kappa shape index (κ2) is 8.10. The Labute approximate surface area is 125 Å². The molecule has 0 bridgehead atoms. The minimum Gasteiger partial charge on any atom is -0.351 e. The monoisotopic (exact) mass is 293 g/mol. The zero-order chi connectivity index (χ0) is 15.1. The van der Waals surface area contributed by atoms with Crippen LogP contribution in [0.5, 0.6) is 0 Å². The number of piperidine rings is 1. The average molecular weight is 293 g/mol. The number of carbonyl (C=O) groups is 1. The number of likely N-dealkylation sites (N-methyl/N-ethyl adjacent to an activating group) is 1. The van der Waals surface area contributed by atoms with E-state index in [4.69, 9.17) is 0 Å². The first-order valence-electron chi connectivity index (χ1n) is 7.54. The summed E-state index contributed by atoms with van der Waals surface area (Å²) in [6.45, 7) is 3.97. The van der Waals surface area contributed by atoms with Crippen molar-refractivity contribution in [3.05, 3.63) is 35.6 Å². The molecule has 4 nitrogen and oxygen atoms in total. The van der Waals surface area contributed by atoms with E-state index in [9.17, 15) is 9.18 Å². The van der Waals surface area contributed by atoms with Crippen molar-refractivity contribution in [1.82, 2.24) is 15.5 Å². The lowest BCUT2D eigenvalue weighted by molar-refractivity contribution is -0.122. The van der Waals surface area contributed by atoms with E-state index in [0.717, 1.165) is 25.2 Å². The lowest BCUT2D eigenvalue weighted by Gasteiger charge is -2.27. The van der Waals surface area contributed by atoms with E-state index in [0.29, 0.717) is 19.0 Å². The van der Waals surface area contributed by atoms with Crippen LogP contribution in [0.15, 0.2) is 24.3 Å². The molecule has 2 rings (SSSR count). The normalized spacial score (nSPS) is 16.1. The molecule has 116 valence electrons. The number of hydrogen-bond acceptors (Lipinski definition) is 3. The zero-order valence-corrected chi connectivity index (χ0v) is 12.6. The molecule has 1 amide bonds. The molecule has 0 aromatic heterocycles. The van der Waals surface area contributed by atoms with Crippen molar-refractivity contribution in [2.24, 2.45) is 5.92 Å². The van der Waals surface area contributed by atoms with E-state index in [1.54, 1.807) is 12.1 Å². The lowest BCUT2D eigenvalue weighted by Crippen LogP contribution is -2.39. The number of carbonyl (C=O) groups excluding carboxylic acids is 1. The van der Waals surface area contributed by atoms with Gasteiger partial charge in [-0.15, -0.1) is 0 Å². The summed E-state index contributed by atoms with van der Waals surface area (Å²) in [4.78, 5) is 14.0. The fourth-order valence-electron chi connectivity index (χ4n) is 2.67. The highest BCUT2D eigenvalue weighted by Crippen LogP contribution is 2.12. The summed E-state index contributed by atoms with van der Waals surface area (Å²) in [5.74, 6) is 0.434. The van der Waals surface area contributed by atoms with Gasteiger partial charge in [-0.05, 0) is 56.6 Å². The quantitative estimate of drug-likeness (QED) is 0.833. The Morgan fingerprint density at radius 2 is 2.00 bits per heavy atom. The first-order chi connectivity index (χ1) is 10.1. The molecular weight excluding hydrogens is 269 g/mol. The molecule has 1 aliphatic heterocycles. The number of benzene rings is 1. The van der Waals surface area contributed by atoms with E-state index in [1.165, 1.54) is 25.0 Å². The van der Waals surface area contributed by atoms with Crippen molar-refractivity contribution in [3.63, 3.8) is 0 Å². The number of halogens is 1. The zero-order valence-electron chi connectivity index (χ0n) is 12.6. The summed E-state index contributed by atoms with van der Waals surface area (Å²) in [5, 5.41) is 6.22. The highest BCUT2D eigenvalue weighted by molar-refractivity contribution is 5.77.